The molecular weight excluding hydrogens is 180 g/mol. The van der Waals surface area contributed by atoms with Crippen molar-refractivity contribution in [3.8, 4) is 5.69 Å². The molecule has 0 saturated carbocycles. The fraction of sp³-hybridized carbons (Fsp3) is 0. The van der Waals surface area contributed by atoms with E-state index in [1.165, 1.54) is 10.9 Å². The number of aromatic nitrogens is 3. The van der Waals surface area contributed by atoms with Crippen LogP contribution in [0.15, 0.2) is 41.7 Å². The smallest absolute Gasteiger partial charge is 0.211 e. The molecule has 1 heterocycles. The fourth-order valence-electron chi connectivity index (χ4n) is 1.06. The molecule has 5 nitrogen and oxygen atoms in total. The molecule has 0 spiro atoms. The van der Waals surface area contributed by atoms with E-state index in [1.54, 1.807) is 36.7 Å². The maximum atomic E-state index is 9.97. The molecule has 14 heavy (non-hydrogen) atoms. The normalized spacial score (nSPS) is 9.43. The summed E-state index contributed by atoms with van der Waals surface area (Å²) in [6.07, 6.45) is 4.66. The first-order valence-corrected chi connectivity index (χ1v) is 3.95. The van der Waals surface area contributed by atoms with Gasteiger partial charge in [-0.3, -0.25) is 0 Å². The van der Waals surface area contributed by atoms with Crippen molar-refractivity contribution in [3.05, 3.63) is 36.7 Å². The molecule has 0 aliphatic carbocycles. The Labute approximate surface area is 79.7 Å². The Balaban J connectivity index is 2.35. The van der Waals surface area contributed by atoms with Crippen LogP contribution in [0.2, 0.25) is 0 Å². The van der Waals surface area contributed by atoms with Gasteiger partial charge in [0.05, 0.1) is 23.8 Å². The zero-order valence-corrected chi connectivity index (χ0v) is 7.16. The zero-order chi connectivity index (χ0) is 9.80. The van der Waals surface area contributed by atoms with Gasteiger partial charge in [-0.25, -0.2) is 4.79 Å². The second kappa shape index (κ2) is 3.64. The van der Waals surface area contributed by atoms with Crippen LogP contribution in [0.25, 0.3) is 5.69 Å². The molecule has 0 fully saturated rings. The summed E-state index contributed by atoms with van der Waals surface area (Å²) in [7, 11) is 0. The van der Waals surface area contributed by atoms with Crippen LogP contribution in [0, 0.1) is 0 Å². The van der Waals surface area contributed by atoms with Gasteiger partial charge < -0.3 is 0 Å². The van der Waals surface area contributed by atoms with Crippen LogP contribution >= 0.6 is 0 Å². The fourth-order valence-corrected chi connectivity index (χ4v) is 1.06. The van der Waals surface area contributed by atoms with Crippen molar-refractivity contribution in [2.24, 2.45) is 4.99 Å². The van der Waals surface area contributed by atoms with E-state index in [9.17, 15) is 4.79 Å². The van der Waals surface area contributed by atoms with Crippen molar-refractivity contribution >= 4 is 11.8 Å². The standard InChI is InChI=1S/C9H6N4O/c14-7-10-8-1-3-9(4-2-8)13-11-5-6-12-13/h1-6H. The minimum absolute atomic E-state index is 0.566. The van der Waals surface area contributed by atoms with E-state index in [0.29, 0.717) is 5.69 Å². The van der Waals surface area contributed by atoms with Crippen LogP contribution in [0.3, 0.4) is 0 Å². The quantitative estimate of drug-likeness (QED) is 0.523. The summed E-state index contributed by atoms with van der Waals surface area (Å²) < 4.78 is 0. The van der Waals surface area contributed by atoms with Gasteiger partial charge >= 0.3 is 0 Å². The van der Waals surface area contributed by atoms with E-state index in [2.05, 4.69) is 15.2 Å². The summed E-state index contributed by atoms with van der Waals surface area (Å²) >= 11 is 0. The first-order valence-electron chi connectivity index (χ1n) is 3.95. The third-order valence-corrected chi connectivity index (χ3v) is 1.67. The molecule has 0 saturated heterocycles. The lowest BCUT2D eigenvalue weighted by atomic mass is 10.3. The van der Waals surface area contributed by atoms with Gasteiger partial charge in [-0.05, 0) is 24.3 Å². The summed E-state index contributed by atoms with van der Waals surface area (Å²) in [6.45, 7) is 0. The Morgan fingerprint density at radius 1 is 1.14 bits per heavy atom. The minimum atomic E-state index is 0.566. The number of isocyanates is 1. The second-order valence-electron chi connectivity index (χ2n) is 2.54. The van der Waals surface area contributed by atoms with Crippen molar-refractivity contribution in [1.29, 1.82) is 0 Å². The lowest BCUT2D eigenvalue weighted by molar-refractivity contribution is 0.565. The summed E-state index contributed by atoms with van der Waals surface area (Å²) in [5.41, 5.74) is 1.38. The highest BCUT2D eigenvalue weighted by Gasteiger charge is 1.96. The van der Waals surface area contributed by atoms with Crippen LogP contribution in [0.1, 0.15) is 0 Å². The minimum Gasteiger partial charge on any atom is -0.211 e. The van der Waals surface area contributed by atoms with Crippen molar-refractivity contribution in [1.82, 2.24) is 15.0 Å². The lowest BCUT2D eigenvalue weighted by Crippen LogP contribution is -1.96. The average molecular weight is 186 g/mol. The molecule has 0 aliphatic heterocycles. The Hall–Kier alpha value is -2.26. The highest BCUT2D eigenvalue weighted by molar-refractivity contribution is 5.50. The average Bonchev–Trinajstić information content (AvgIpc) is 2.72. The third-order valence-electron chi connectivity index (χ3n) is 1.67. The Morgan fingerprint density at radius 3 is 2.36 bits per heavy atom. The summed E-state index contributed by atoms with van der Waals surface area (Å²) in [5.74, 6) is 0. The Bertz CT molecular complexity index is 454. The van der Waals surface area contributed by atoms with Gasteiger partial charge in [0, 0.05) is 0 Å². The number of aliphatic imine (C=N–C) groups is 1. The Kier molecular flexibility index (Phi) is 2.17. The highest BCUT2D eigenvalue weighted by atomic mass is 16.1. The van der Waals surface area contributed by atoms with Gasteiger partial charge in [-0.15, -0.1) is 0 Å². The summed E-state index contributed by atoms with van der Waals surface area (Å²) in [6, 6.07) is 6.94. The SMILES string of the molecule is O=C=Nc1ccc(-n2nccn2)cc1. The van der Waals surface area contributed by atoms with Gasteiger partial charge in [-0.1, -0.05) is 0 Å². The van der Waals surface area contributed by atoms with Gasteiger partial charge in [0.1, 0.15) is 0 Å². The second-order valence-corrected chi connectivity index (χ2v) is 2.54. The first-order chi connectivity index (χ1) is 6.90. The molecular formula is C9H6N4O. The summed E-state index contributed by atoms with van der Waals surface area (Å²) in [4.78, 5) is 14.9. The summed E-state index contributed by atoms with van der Waals surface area (Å²) in [5, 5.41) is 7.92. The van der Waals surface area contributed by atoms with E-state index in [0.717, 1.165) is 5.69 Å². The van der Waals surface area contributed by atoms with Crippen molar-refractivity contribution in [2.45, 2.75) is 0 Å². The molecule has 0 radical (unpaired) electrons. The van der Waals surface area contributed by atoms with E-state index >= 15 is 0 Å². The molecule has 0 amide bonds. The van der Waals surface area contributed by atoms with Crippen LogP contribution in [-0.2, 0) is 4.79 Å². The van der Waals surface area contributed by atoms with Crippen LogP contribution in [-0.4, -0.2) is 21.1 Å². The first kappa shape index (κ1) is 8.34. The molecule has 1 aromatic heterocycles. The van der Waals surface area contributed by atoms with E-state index in [4.69, 9.17) is 0 Å². The lowest BCUT2D eigenvalue weighted by Gasteiger charge is -1.98. The van der Waals surface area contributed by atoms with E-state index in [-0.39, 0.29) is 0 Å². The molecule has 2 rings (SSSR count). The van der Waals surface area contributed by atoms with Crippen LogP contribution in [0.4, 0.5) is 5.69 Å². The number of benzene rings is 1. The predicted molar refractivity (Wildman–Crippen MR) is 49.1 cm³/mol. The number of nitrogens with zero attached hydrogens (tertiary/aromatic N) is 4. The number of hydrogen-bond donors (Lipinski definition) is 0. The predicted octanol–water partition coefficient (Wildman–Crippen LogP) is 1.23. The van der Waals surface area contributed by atoms with Gasteiger partial charge in [0.15, 0.2) is 0 Å². The molecule has 68 valence electrons. The van der Waals surface area contributed by atoms with Crippen LogP contribution < -0.4 is 0 Å². The highest BCUT2D eigenvalue weighted by Crippen LogP contribution is 2.13. The Morgan fingerprint density at radius 2 is 1.79 bits per heavy atom. The molecule has 5 heteroatoms. The van der Waals surface area contributed by atoms with E-state index < -0.39 is 0 Å². The molecule has 0 N–H and O–H groups in total. The third kappa shape index (κ3) is 1.57. The molecule has 0 bridgehead atoms. The number of carbonyl (C=O) groups excluding carboxylic acids is 1. The largest absolute Gasteiger partial charge is 0.240 e. The van der Waals surface area contributed by atoms with Gasteiger partial charge in [0.25, 0.3) is 0 Å². The molecule has 1 aromatic carbocycles. The van der Waals surface area contributed by atoms with Gasteiger partial charge in [-0.2, -0.15) is 20.0 Å². The van der Waals surface area contributed by atoms with Crippen molar-refractivity contribution < 1.29 is 4.79 Å². The van der Waals surface area contributed by atoms with E-state index in [1.807, 2.05) is 0 Å². The zero-order valence-electron chi connectivity index (χ0n) is 7.16. The number of hydrogen-bond acceptors (Lipinski definition) is 4. The monoisotopic (exact) mass is 186 g/mol. The molecule has 0 aliphatic rings. The van der Waals surface area contributed by atoms with Gasteiger partial charge in [0.2, 0.25) is 6.08 Å². The molecule has 0 unspecified atom stereocenters. The number of rotatable bonds is 2. The maximum Gasteiger partial charge on any atom is 0.240 e. The topological polar surface area (TPSA) is 60.1 Å². The van der Waals surface area contributed by atoms with Crippen molar-refractivity contribution in [3.63, 3.8) is 0 Å². The molecule has 2 aromatic rings. The van der Waals surface area contributed by atoms with Crippen LogP contribution in [0.5, 0.6) is 0 Å². The van der Waals surface area contributed by atoms with Crippen molar-refractivity contribution in [2.75, 3.05) is 0 Å². The molecule has 0 atom stereocenters. The maximum absolute atomic E-state index is 9.97.